The van der Waals surface area contributed by atoms with Crippen LogP contribution in [-0.2, 0) is 4.79 Å². The van der Waals surface area contributed by atoms with E-state index < -0.39 is 0 Å². The molecule has 21 heavy (non-hydrogen) atoms. The van der Waals surface area contributed by atoms with Crippen molar-refractivity contribution in [1.82, 2.24) is 4.90 Å². The van der Waals surface area contributed by atoms with Gasteiger partial charge in [-0.25, -0.2) is 0 Å². The number of carbonyl (C=O) groups excluding carboxylic acids is 1. The Hall–Kier alpha value is -0.530. The molecular formula is C19H39NO. The maximum atomic E-state index is 12.5. The van der Waals surface area contributed by atoms with Crippen molar-refractivity contribution in [2.24, 2.45) is 11.8 Å². The minimum absolute atomic E-state index is 0.243. The molecule has 0 N–H and O–H groups in total. The van der Waals surface area contributed by atoms with Crippen LogP contribution in [0.25, 0.3) is 0 Å². The number of hydrogen-bond acceptors (Lipinski definition) is 1. The number of unbranched alkanes of at least 4 members (excludes halogenated alkanes) is 4. The lowest BCUT2D eigenvalue weighted by molar-refractivity contribution is -0.135. The fraction of sp³-hybridized carbons (Fsp3) is 0.947. The first kappa shape index (κ1) is 20.5. The lowest BCUT2D eigenvalue weighted by Gasteiger charge is -2.27. The van der Waals surface area contributed by atoms with Gasteiger partial charge in [-0.2, -0.15) is 0 Å². The van der Waals surface area contributed by atoms with Gasteiger partial charge in [0.2, 0.25) is 5.91 Å². The molecular weight excluding hydrogens is 258 g/mol. The van der Waals surface area contributed by atoms with Crippen LogP contribution in [0.15, 0.2) is 0 Å². The van der Waals surface area contributed by atoms with Gasteiger partial charge in [-0.15, -0.1) is 0 Å². The second-order valence-electron chi connectivity index (χ2n) is 6.59. The number of hydrogen-bond donors (Lipinski definition) is 0. The minimum Gasteiger partial charge on any atom is -0.345 e. The molecule has 2 heteroatoms. The summed E-state index contributed by atoms with van der Waals surface area (Å²) < 4.78 is 0. The summed E-state index contributed by atoms with van der Waals surface area (Å²) >= 11 is 0. The summed E-state index contributed by atoms with van der Waals surface area (Å²) in [6.07, 6.45) is 12.2. The van der Waals surface area contributed by atoms with E-state index in [0.29, 0.717) is 11.8 Å². The normalized spacial score (nSPS) is 14.0. The number of carbonyl (C=O) groups is 1. The molecule has 0 spiro atoms. The lowest BCUT2D eigenvalue weighted by atomic mass is 9.95. The summed E-state index contributed by atoms with van der Waals surface area (Å²) in [5, 5.41) is 0. The highest BCUT2D eigenvalue weighted by Crippen LogP contribution is 2.19. The molecule has 2 unspecified atom stereocenters. The largest absolute Gasteiger partial charge is 0.345 e. The molecule has 0 aliphatic heterocycles. The molecule has 0 aromatic carbocycles. The van der Waals surface area contributed by atoms with Crippen LogP contribution in [0.1, 0.15) is 91.9 Å². The van der Waals surface area contributed by atoms with Crippen molar-refractivity contribution < 1.29 is 4.79 Å². The summed E-state index contributed by atoms with van der Waals surface area (Å²) in [6, 6.07) is 0. The van der Waals surface area contributed by atoms with Crippen LogP contribution < -0.4 is 0 Å². The Morgan fingerprint density at radius 3 is 2.05 bits per heavy atom. The zero-order valence-corrected chi connectivity index (χ0v) is 15.3. The molecule has 0 saturated carbocycles. The van der Waals surface area contributed by atoms with Crippen LogP contribution in [0.5, 0.6) is 0 Å². The number of rotatable bonds is 13. The standard InChI is InChI=1S/C19H39NO/c1-6-10-12-13-14-17(8-3)16-20(5)19(21)18(9-4)15-11-7-2/h17-18H,6-16H2,1-5H3. The lowest BCUT2D eigenvalue weighted by Crippen LogP contribution is -2.36. The van der Waals surface area contributed by atoms with Crippen molar-refractivity contribution in [3.05, 3.63) is 0 Å². The highest BCUT2D eigenvalue weighted by molar-refractivity contribution is 5.78. The van der Waals surface area contributed by atoms with Crippen LogP contribution >= 0.6 is 0 Å². The van der Waals surface area contributed by atoms with E-state index in [9.17, 15) is 4.79 Å². The van der Waals surface area contributed by atoms with Gasteiger partial charge in [0, 0.05) is 19.5 Å². The SMILES string of the molecule is CCCCCCC(CC)CN(C)C(=O)C(CC)CCCC. The second-order valence-corrected chi connectivity index (χ2v) is 6.59. The van der Waals surface area contributed by atoms with E-state index in [4.69, 9.17) is 0 Å². The Bertz CT molecular complexity index is 252. The van der Waals surface area contributed by atoms with Crippen molar-refractivity contribution in [3.8, 4) is 0 Å². The Kier molecular flexibility index (Phi) is 12.8. The Labute approximate surface area is 133 Å². The van der Waals surface area contributed by atoms with Crippen molar-refractivity contribution in [1.29, 1.82) is 0 Å². The highest BCUT2D eigenvalue weighted by Gasteiger charge is 2.21. The van der Waals surface area contributed by atoms with E-state index in [2.05, 4.69) is 27.7 Å². The van der Waals surface area contributed by atoms with E-state index in [1.165, 1.54) is 51.4 Å². The van der Waals surface area contributed by atoms with Crippen LogP contribution in [0, 0.1) is 11.8 Å². The zero-order valence-electron chi connectivity index (χ0n) is 15.3. The quantitative estimate of drug-likeness (QED) is 0.402. The summed E-state index contributed by atoms with van der Waals surface area (Å²) in [7, 11) is 2.01. The molecule has 0 radical (unpaired) electrons. The van der Waals surface area contributed by atoms with Crippen LogP contribution in [-0.4, -0.2) is 24.4 Å². The monoisotopic (exact) mass is 297 g/mol. The second kappa shape index (κ2) is 13.2. The maximum Gasteiger partial charge on any atom is 0.225 e. The van der Waals surface area contributed by atoms with E-state index in [0.717, 1.165) is 19.4 Å². The molecule has 0 aromatic heterocycles. The predicted octanol–water partition coefficient (Wildman–Crippen LogP) is 5.66. The van der Waals surface area contributed by atoms with Gasteiger partial charge in [-0.1, -0.05) is 72.6 Å². The van der Waals surface area contributed by atoms with Crippen LogP contribution in [0.4, 0.5) is 0 Å². The van der Waals surface area contributed by atoms with E-state index in [1.54, 1.807) is 0 Å². The predicted molar refractivity (Wildman–Crippen MR) is 93.5 cm³/mol. The van der Waals surface area contributed by atoms with Crippen molar-refractivity contribution >= 4 is 5.91 Å². The van der Waals surface area contributed by atoms with Gasteiger partial charge >= 0.3 is 0 Å². The Balaban J connectivity index is 4.20. The van der Waals surface area contributed by atoms with Gasteiger partial charge in [0.05, 0.1) is 0 Å². The maximum absolute atomic E-state index is 12.5. The number of nitrogens with zero attached hydrogens (tertiary/aromatic N) is 1. The molecule has 2 atom stereocenters. The molecule has 0 fully saturated rings. The molecule has 126 valence electrons. The summed E-state index contributed by atoms with van der Waals surface area (Å²) in [5.41, 5.74) is 0. The van der Waals surface area contributed by atoms with Gasteiger partial charge < -0.3 is 4.90 Å². The van der Waals surface area contributed by atoms with Crippen LogP contribution in [0.3, 0.4) is 0 Å². The minimum atomic E-state index is 0.243. The third-order valence-electron chi connectivity index (χ3n) is 4.70. The van der Waals surface area contributed by atoms with Crippen molar-refractivity contribution in [2.45, 2.75) is 91.9 Å². The average Bonchev–Trinajstić information content (AvgIpc) is 2.50. The fourth-order valence-electron chi connectivity index (χ4n) is 3.03. The van der Waals surface area contributed by atoms with Crippen molar-refractivity contribution in [3.63, 3.8) is 0 Å². The van der Waals surface area contributed by atoms with E-state index in [-0.39, 0.29) is 5.92 Å². The van der Waals surface area contributed by atoms with Gasteiger partial charge in [0.15, 0.2) is 0 Å². The summed E-state index contributed by atoms with van der Waals surface area (Å²) in [6.45, 7) is 9.81. The number of amides is 1. The van der Waals surface area contributed by atoms with E-state index >= 15 is 0 Å². The average molecular weight is 298 g/mol. The Morgan fingerprint density at radius 2 is 1.52 bits per heavy atom. The van der Waals surface area contributed by atoms with Crippen molar-refractivity contribution in [2.75, 3.05) is 13.6 Å². The van der Waals surface area contributed by atoms with Crippen LogP contribution in [0.2, 0.25) is 0 Å². The molecule has 0 bridgehead atoms. The van der Waals surface area contributed by atoms with Gasteiger partial charge in [0.25, 0.3) is 0 Å². The molecule has 0 saturated heterocycles. The summed E-state index contributed by atoms with van der Waals surface area (Å²) in [4.78, 5) is 14.5. The molecule has 1 amide bonds. The fourth-order valence-corrected chi connectivity index (χ4v) is 3.03. The third kappa shape index (κ3) is 9.16. The van der Waals surface area contributed by atoms with Gasteiger partial charge in [0.1, 0.15) is 0 Å². The smallest absolute Gasteiger partial charge is 0.225 e. The third-order valence-corrected chi connectivity index (χ3v) is 4.70. The zero-order chi connectivity index (χ0) is 16.1. The molecule has 2 nitrogen and oxygen atoms in total. The summed E-state index contributed by atoms with van der Waals surface area (Å²) in [5.74, 6) is 1.30. The Morgan fingerprint density at radius 1 is 0.857 bits per heavy atom. The molecule has 0 rings (SSSR count). The molecule has 0 aliphatic rings. The van der Waals surface area contributed by atoms with E-state index in [1.807, 2.05) is 11.9 Å². The van der Waals surface area contributed by atoms with Gasteiger partial charge in [-0.05, 0) is 25.2 Å². The van der Waals surface area contributed by atoms with Gasteiger partial charge in [-0.3, -0.25) is 4.79 Å². The molecule has 0 aliphatic carbocycles. The first-order chi connectivity index (χ1) is 10.1. The first-order valence-electron chi connectivity index (χ1n) is 9.35. The first-order valence-corrected chi connectivity index (χ1v) is 9.35. The highest BCUT2D eigenvalue weighted by atomic mass is 16.2. The molecule has 0 heterocycles. The molecule has 0 aromatic rings. The topological polar surface area (TPSA) is 20.3 Å².